The van der Waals surface area contributed by atoms with Crippen LogP contribution in [0.15, 0.2) is 30.3 Å². The van der Waals surface area contributed by atoms with E-state index in [1.165, 1.54) is 6.07 Å². The van der Waals surface area contributed by atoms with Crippen molar-refractivity contribution in [3.63, 3.8) is 0 Å². The molecule has 1 saturated heterocycles. The zero-order chi connectivity index (χ0) is 21.5. The predicted octanol–water partition coefficient (Wildman–Crippen LogP) is 4.31. The van der Waals surface area contributed by atoms with Crippen LogP contribution in [0, 0.1) is 5.92 Å². The smallest absolute Gasteiger partial charge is 0.355 e. The minimum Gasteiger partial charge on any atom is -0.355 e. The molecule has 1 aromatic carbocycles. The van der Waals surface area contributed by atoms with Crippen molar-refractivity contribution >= 4 is 46.3 Å². The van der Waals surface area contributed by atoms with Crippen LogP contribution in [0.4, 0.5) is 24.7 Å². The van der Waals surface area contributed by atoms with Crippen LogP contribution >= 0.6 is 23.2 Å². The number of hydrogen-bond acceptors (Lipinski definition) is 5. The number of nitrogens with zero attached hydrogens (tertiary/aromatic N) is 5. The van der Waals surface area contributed by atoms with E-state index in [0.29, 0.717) is 52.0 Å². The summed E-state index contributed by atoms with van der Waals surface area (Å²) in [6, 6.07) is 7.84. The van der Waals surface area contributed by atoms with Gasteiger partial charge >= 0.3 is 6.18 Å². The molecule has 0 spiro atoms. The molecule has 0 bridgehead atoms. The van der Waals surface area contributed by atoms with Gasteiger partial charge in [0.1, 0.15) is 5.82 Å². The predicted molar refractivity (Wildman–Crippen MR) is 106 cm³/mol. The highest BCUT2D eigenvalue weighted by Crippen LogP contribution is 2.30. The van der Waals surface area contributed by atoms with E-state index in [1.807, 2.05) is 4.90 Å². The van der Waals surface area contributed by atoms with Gasteiger partial charge in [-0.15, -0.1) is 15.3 Å². The molecule has 1 N–H and O–H groups in total. The van der Waals surface area contributed by atoms with Crippen molar-refractivity contribution in [2.75, 3.05) is 23.3 Å². The quantitative estimate of drug-likeness (QED) is 0.632. The SMILES string of the molecule is O=C(Nc1ccc(Cl)cc1Cl)C1CCN(c2ccc3nnc(C(F)(F)F)n3n2)CC1. The van der Waals surface area contributed by atoms with Crippen molar-refractivity contribution in [2.45, 2.75) is 19.0 Å². The van der Waals surface area contributed by atoms with Crippen LogP contribution in [0.2, 0.25) is 10.0 Å². The second-order valence-corrected chi connectivity index (χ2v) is 7.70. The first-order valence-corrected chi connectivity index (χ1v) is 9.78. The van der Waals surface area contributed by atoms with Crippen molar-refractivity contribution in [3.05, 3.63) is 46.2 Å². The van der Waals surface area contributed by atoms with Gasteiger partial charge in [0.15, 0.2) is 5.65 Å². The number of carbonyl (C=O) groups is 1. The van der Waals surface area contributed by atoms with E-state index in [0.717, 1.165) is 0 Å². The fraction of sp³-hybridized carbons (Fsp3) is 0.333. The summed E-state index contributed by atoms with van der Waals surface area (Å²) in [5.41, 5.74) is 0.494. The van der Waals surface area contributed by atoms with Crippen molar-refractivity contribution in [3.8, 4) is 0 Å². The first-order chi connectivity index (χ1) is 14.2. The minimum absolute atomic E-state index is 0.0141. The zero-order valence-electron chi connectivity index (χ0n) is 15.3. The number of fused-ring (bicyclic) bond motifs is 1. The second kappa shape index (κ2) is 7.92. The molecule has 3 heterocycles. The first kappa shape index (κ1) is 20.7. The molecule has 1 amide bonds. The van der Waals surface area contributed by atoms with Gasteiger partial charge in [-0.05, 0) is 43.2 Å². The third kappa shape index (κ3) is 4.15. The lowest BCUT2D eigenvalue weighted by atomic mass is 9.96. The van der Waals surface area contributed by atoms with Gasteiger partial charge in [0.05, 0.1) is 10.7 Å². The highest BCUT2D eigenvalue weighted by Gasteiger charge is 2.38. The molecular formula is C18H15Cl2F3N6O. The lowest BCUT2D eigenvalue weighted by Crippen LogP contribution is -2.38. The molecule has 1 fully saturated rings. The van der Waals surface area contributed by atoms with Crippen molar-refractivity contribution < 1.29 is 18.0 Å². The molecular weight excluding hydrogens is 444 g/mol. The Labute approximate surface area is 178 Å². The van der Waals surface area contributed by atoms with Crippen molar-refractivity contribution in [1.82, 2.24) is 19.8 Å². The van der Waals surface area contributed by atoms with Gasteiger partial charge < -0.3 is 10.2 Å². The molecule has 7 nitrogen and oxygen atoms in total. The summed E-state index contributed by atoms with van der Waals surface area (Å²) >= 11 is 12.0. The summed E-state index contributed by atoms with van der Waals surface area (Å²) in [6.07, 6.45) is -3.62. The van der Waals surface area contributed by atoms with Crippen LogP contribution in [0.3, 0.4) is 0 Å². The molecule has 30 heavy (non-hydrogen) atoms. The first-order valence-electron chi connectivity index (χ1n) is 9.03. The molecule has 0 atom stereocenters. The van der Waals surface area contributed by atoms with Crippen LogP contribution in [0.1, 0.15) is 18.7 Å². The third-order valence-electron chi connectivity index (χ3n) is 4.88. The van der Waals surface area contributed by atoms with Crippen LogP contribution in [-0.4, -0.2) is 38.8 Å². The van der Waals surface area contributed by atoms with E-state index in [-0.39, 0.29) is 17.5 Å². The highest BCUT2D eigenvalue weighted by molar-refractivity contribution is 6.36. The molecule has 0 saturated carbocycles. The summed E-state index contributed by atoms with van der Waals surface area (Å²) in [4.78, 5) is 14.4. The number of aromatic nitrogens is 4. The van der Waals surface area contributed by atoms with E-state index in [2.05, 4.69) is 20.6 Å². The minimum atomic E-state index is -4.65. The number of amides is 1. The lowest BCUT2D eigenvalue weighted by Gasteiger charge is -2.32. The fourth-order valence-corrected chi connectivity index (χ4v) is 3.78. The van der Waals surface area contributed by atoms with Gasteiger partial charge in [0.25, 0.3) is 5.82 Å². The molecule has 1 aliphatic rings. The van der Waals surface area contributed by atoms with Crippen LogP contribution in [0.25, 0.3) is 5.65 Å². The van der Waals surface area contributed by atoms with Crippen molar-refractivity contribution in [2.24, 2.45) is 5.92 Å². The lowest BCUT2D eigenvalue weighted by molar-refractivity contribution is -0.146. The summed E-state index contributed by atoms with van der Waals surface area (Å²) in [5.74, 6) is -1.22. The molecule has 0 aliphatic carbocycles. The average Bonchev–Trinajstić information content (AvgIpc) is 3.14. The molecule has 4 rings (SSSR count). The van der Waals surface area contributed by atoms with E-state index in [4.69, 9.17) is 23.2 Å². The molecule has 12 heteroatoms. The number of rotatable bonds is 3. The summed E-state index contributed by atoms with van der Waals surface area (Å²) in [7, 11) is 0. The van der Waals surface area contributed by atoms with Gasteiger partial charge in [0.2, 0.25) is 5.91 Å². The van der Waals surface area contributed by atoms with Gasteiger partial charge in [0, 0.05) is 24.0 Å². The van der Waals surface area contributed by atoms with Crippen LogP contribution in [-0.2, 0) is 11.0 Å². The van der Waals surface area contributed by atoms with E-state index >= 15 is 0 Å². The maximum atomic E-state index is 13.1. The van der Waals surface area contributed by atoms with Gasteiger partial charge in [-0.3, -0.25) is 4.79 Å². The maximum Gasteiger partial charge on any atom is 0.453 e. The summed E-state index contributed by atoms with van der Waals surface area (Å²) < 4.78 is 39.9. The molecule has 158 valence electrons. The Morgan fingerprint density at radius 1 is 1.10 bits per heavy atom. The number of halogens is 5. The van der Waals surface area contributed by atoms with Crippen LogP contribution in [0.5, 0.6) is 0 Å². The number of piperidine rings is 1. The largest absolute Gasteiger partial charge is 0.453 e. The number of alkyl halides is 3. The Hall–Kier alpha value is -2.59. The zero-order valence-corrected chi connectivity index (χ0v) is 16.8. The number of benzene rings is 1. The Kier molecular flexibility index (Phi) is 5.46. The third-order valence-corrected chi connectivity index (χ3v) is 5.43. The molecule has 2 aromatic heterocycles. The molecule has 0 unspecified atom stereocenters. The van der Waals surface area contributed by atoms with E-state index in [9.17, 15) is 18.0 Å². The van der Waals surface area contributed by atoms with E-state index < -0.39 is 12.0 Å². The number of carbonyl (C=O) groups excluding carboxylic acids is 1. The summed E-state index contributed by atoms with van der Waals surface area (Å²) in [6.45, 7) is 0.933. The number of hydrogen-bond donors (Lipinski definition) is 1. The van der Waals surface area contributed by atoms with E-state index in [1.54, 1.807) is 24.3 Å². The average molecular weight is 459 g/mol. The van der Waals surface area contributed by atoms with Crippen molar-refractivity contribution in [1.29, 1.82) is 0 Å². The number of nitrogens with one attached hydrogen (secondary N) is 1. The standard InChI is InChI=1S/C18H15Cl2F3N6O/c19-11-1-2-13(12(20)9-11)24-16(30)10-5-7-28(8-6-10)15-4-3-14-25-26-17(18(21,22)23)29(14)27-15/h1-4,9-10H,5-8H2,(H,24,30). The van der Waals surface area contributed by atoms with Gasteiger partial charge in [-0.25, -0.2) is 0 Å². The maximum absolute atomic E-state index is 13.1. The fourth-order valence-electron chi connectivity index (χ4n) is 3.32. The molecule has 3 aromatic rings. The highest BCUT2D eigenvalue weighted by atomic mass is 35.5. The van der Waals surface area contributed by atoms with Crippen LogP contribution < -0.4 is 10.2 Å². The summed E-state index contributed by atoms with van der Waals surface area (Å²) in [5, 5.41) is 14.3. The monoisotopic (exact) mass is 458 g/mol. The molecule has 1 aliphatic heterocycles. The Morgan fingerprint density at radius 3 is 2.50 bits per heavy atom. The molecule has 0 radical (unpaired) electrons. The van der Waals surface area contributed by atoms with Gasteiger partial charge in [-0.2, -0.15) is 17.7 Å². The normalized spacial score (nSPS) is 15.6. The van der Waals surface area contributed by atoms with Gasteiger partial charge in [-0.1, -0.05) is 23.2 Å². The topological polar surface area (TPSA) is 75.4 Å². The second-order valence-electron chi connectivity index (χ2n) is 6.86. The Bertz CT molecular complexity index is 1100. The number of anilines is 2. The Balaban J connectivity index is 1.43. The Morgan fingerprint density at radius 2 is 1.83 bits per heavy atom.